The second-order valence-corrected chi connectivity index (χ2v) is 6.56. The van der Waals surface area contributed by atoms with Crippen molar-refractivity contribution in [1.29, 1.82) is 0 Å². The highest BCUT2D eigenvalue weighted by Gasteiger charge is 2.18. The van der Waals surface area contributed by atoms with E-state index in [1.807, 2.05) is 42.7 Å². The van der Waals surface area contributed by atoms with E-state index in [1.54, 1.807) is 12.1 Å². The standard InChI is InChI=1S/C21H19N3O3/c1-4-9-24-13(2)10-16(14(24)3)17(25)11-23-12-22-19-15-7-5-6-8-18(15)27-20(19)21(23)26/h4-8,10,12H,1,9,11H2,2-3H3. The van der Waals surface area contributed by atoms with Gasteiger partial charge in [-0.1, -0.05) is 18.2 Å². The third kappa shape index (κ3) is 2.70. The molecule has 0 aliphatic rings. The first-order valence-corrected chi connectivity index (χ1v) is 8.68. The molecule has 4 rings (SSSR count). The number of allylic oxidation sites excluding steroid dienone is 1. The number of carbonyl (C=O) groups is 1. The van der Waals surface area contributed by atoms with Crippen LogP contribution >= 0.6 is 0 Å². The van der Waals surface area contributed by atoms with Crippen molar-refractivity contribution in [2.24, 2.45) is 0 Å². The lowest BCUT2D eigenvalue weighted by Crippen LogP contribution is -2.24. The maximum absolute atomic E-state index is 12.8. The Kier molecular flexibility index (Phi) is 4.03. The lowest BCUT2D eigenvalue weighted by molar-refractivity contribution is 0.0970. The Bertz CT molecular complexity index is 1260. The maximum atomic E-state index is 12.8. The normalized spacial score (nSPS) is 11.3. The molecule has 136 valence electrons. The number of ketones is 1. The first-order valence-electron chi connectivity index (χ1n) is 8.68. The number of nitrogens with zero attached hydrogens (tertiary/aromatic N) is 3. The van der Waals surface area contributed by atoms with Gasteiger partial charge in [-0.3, -0.25) is 14.2 Å². The second kappa shape index (κ2) is 6.39. The predicted molar refractivity (Wildman–Crippen MR) is 104 cm³/mol. The van der Waals surface area contributed by atoms with Crippen LogP contribution in [0.25, 0.3) is 22.1 Å². The average Bonchev–Trinajstić information content (AvgIpc) is 3.17. The molecule has 0 bridgehead atoms. The zero-order valence-electron chi connectivity index (χ0n) is 15.2. The second-order valence-electron chi connectivity index (χ2n) is 6.56. The Labute approximate surface area is 155 Å². The largest absolute Gasteiger partial charge is 0.448 e. The highest BCUT2D eigenvalue weighted by Crippen LogP contribution is 2.24. The van der Waals surface area contributed by atoms with Crippen molar-refractivity contribution >= 4 is 27.9 Å². The zero-order valence-corrected chi connectivity index (χ0v) is 15.2. The number of rotatable bonds is 5. The summed E-state index contributed by atoms with van der Waals surface area (Å²) in [5.41, 5.74) is 3.38. The molecular formula is C21H19N3O3. The molecule has 0 aliphatic heterocycles. The number of aromatic nitrogens is 3. The molecule has 0 atom stereocenters. The summed E-state index contributed by atoms with van der Waals surface area (Å²) >= 11 is 0. The first kappa shape index (κ1) is 17.0. The highest BCUT2D eigenvalue weighted by atomic mass is 16.3. The number of aryl methyl sites for hydroxylation is 1. The van der Waals surface area contributed by atoms with Gasteiger partial charge in [0, 0.05) is 28.9 Å². The first-order chi connectivity index (χ1) is 13.0. The average molecular weight is 361 g/mol. The molecule has 4 aromatic rings. The minimum absolute atomic E-state index is 0.0861. The van der Waals surface area contributed by atoms with E-state index < -0.39 is 0 Å². The number of hydrogen-bond acceptors (Lipinski definition) is 4. The van der Waals surface area contributed by atoms with Gasteiger partial charge in [0.25, 0.3) is 5.56 Å². The lowest BCUT2D eigenvalue weighted by Gasteiger charge is -2.07. The van der Waals surface area contributed by atoms with Crippen LogP contribution in [-0.2, 0) is 13.1 Å². The summed E-state index contributed by atoms with van der Waals surface area (Å²) in [6.45, 7) is 8.14. The lowest BCUT2D eigenvalue weighted by atomic mass is 10.1. The Balaban J connectivity index is 1.73. The molecule has 0 unspecified atom stereocenters. The van der Waals surface area contributed by atoms with Gasteiger partial charge in [-0.05, 0) is 32.0 Å². The molecule has 3 heterocycles. The Hall–Kier alpha value is -3.41. The molecule has 6 nitrogen and oxygen atoms in total. The number of benzene rings is 1. The molecule has 0 spiro atoms. The van der Waals surface area contributed by atoms with Gasteiger partial charge in [0.2, 0.25) is 5.58 Å². The van der Waals surface area contributed by atoms with Gasteiger partial charge in [0.1, 0.15) is 11.1 Å². The molecule has 0 saturated carbocycles. The molecule has 6 heteroatoms. The van der Waals surface area contributed by atoms with Crippen molar-refractivity contribution in [3.05, 3.63) is 76.6 Å². The van der Waals surface area contributed by atoms with Crippen LogP contribution in [0.3, 0.4) is 0 Å². The molecule has 0 amide bonds. The number of Topliss-reactive ketones (excluding diaryl/α,β-unsaturated/α-hetero) is 1. The van der Waals surface area contributed by atoms with Crippen LogP contribution in [0, 0.1) is 13.8 Å². The van der Waals surface area contributed by atoms with E-state index in [-0.39, 0.29) is 23.5 Å². The monoisotopic (exact) mass is 361 g/mol. The summed E-state index contributed by atoms with van der Waals surface area (Å²) in [7, 11) is 0. The zero-order chi connectivity index (χ0) is 19.1. The molecule has 27 heavy (non-hydrogen) atoms. The van der Waals surface area contributed by atoms with Gasteiger partial charge in [0.05, 0.1) is 12.9 Å². The van der Waals surface area contributed by atoms with E-state index in [2.05, 4.69) is 11.6 Å². The number of para-hydroxylation sites is 1. The summed E-state index contributed by atoms with van der Waals surface area (Å²) in [4.78, 5) is 29.9. The third-order valence-corrected chi connectivity index (χ3v) is 4.85. The molecule has 0 aliphatic carbocycles. The van der Waals surface area contributed by atoms with Gasteiger partial charge in [-0.15, -0.1) is 6.58 Å². The smallest absolute Gasteiger partial charge is 0.297 e. The van der Waals surface area contributed by atoms with Gasteiger partial charge in [-0.25, -0.2) is 4.98 Å². The Morgan fingerprint density at radius 3 is 2.85 bits per heavy atom. The van der Waals surface area contributed by atoms with E-state index >= 15 is 0 Å². The van der Waals surface area contributed by atoms with Crippen molar-refractivity contribution < 1.29 is 9.21 Å². The maximum Gasteiger partial charge on any atom is 0.297 e. The number of carbonyl (C=O) groups excluding carboxylic acids is 1. The van der Waals surface area contributed by atoms with Crippen LogP contribution in [0.15, 0.2) is 58.5 Å². The molecule has 1 aromatic carbocycles. The molecule has 0 N–H and O–H groups in total. The molecule has 0 radical (unpaired) electrons. The van der Waals surface area contributed by atoms with Crippen molar-refractivity contribution in [2.75, 3.05) is 0 Å². The molecule has 3 aromatic heterocycles. The number of hydrogen-bond donors (Lipinski definition) is 0. The van der Waals surface area contributed by atoms with E-state index in [0.717, 1.165) is 16.8 Å². The van der Waals surface area contributed by atoms with Gasteiger partial charge < -0.3 is 8.98 Å². The van der Waals surface area contributed by atoms with E-state index in [1.165, 1.54) is 10.9 Å². The fourth-order valence-corrected chi connectivity index (χ4v) is 3.46. The van der Waals surface area contributed by atoms with E-state index in [0.29, 0.717) is 23.2 Å². The van der Waals surface area contributed by atoms with Crippen LogP contribution < -0.4 is 5.56 Å². The van der Waals surface area contributed by atoms with Crippen molar-refractivity contribution in [2.45, 2.75) is 26.9 Å². The van der Waals surface area contributed by atoms with Gasteiger partial charge >= 0.3 is 0 Å². The molecule has 0 saturated heterocycles. The van der Waals surface area contributed by atoms with E-state index in [9.17, 15) is 9.59 Å². The quantitative estimate of drug-likeness (QED) is 0.402. The number of furan rings is 1. The summed E-state index contributed by atoms with van der Waals surface area (Å²) in [5.74, 6) is -0.141. The topological polar surface area (TPSA) is 70.0 Å². The van der Waals surface area contributed by atoms with Crippen molar-refractivity contribution in [3.63, 3.8) is 0 Å². The van der Waals surface area contributed by atoms with Crippen molar-refractivity contribution in [1.82, 2.24) is 14.1 Å². The van der Waals surface area contributed by atoms with E-state index in [4.69, 9.17) is 4.42 Å². The van der Waals surface area contributed by atoms with Crippen LogP contribution in [0.4, 0.5) is 0 Å². The summed E-state index contributed by atoms with van der Waals surface area (Å²) in [6.07, 6.45) is 3.20. The highest BCUT2D eigenvalue weighted by molar-refractivity contribution is 6.02. The molecular weight excluding hydrogens is 342 g/mol. The summed E-state index contributed by atoms with van der Waals surface area (Å²) in [5, 5.41) is 0.788. The van der Waals surface area contributed by atoms with Gasteiger partial charge in [-0.2, -0.15) is 0 Å². The summed E-state index contributed by atoms with van der Waals surface area (Å²) in [6, 6.07) is 9.20. The fraction of sp³-hybridized carbons (Fsp3) is 0.190. The fourth-order valence-electron chi connectivity index (χ4n) is 3.46. The van der Waals surface area contributed by atoms with Gasteiger partial charge in [0.15, 0.2) is 5.78 Å². The number of fused-ring (bicyclic) bond motifs is 3. The third-order valence-electron chi connectivity index (χ3n) is 4.85. The van der Waals surface area contributed by atoms with Crippen LogP contribution in [0.5, 0.6) is 0 Å². The molecule has 0 fully saturated rings. The Morgan fingerprint density at radius 2 is 2.07 bits per heavy atom. The van der Waals surface area contributed by atoms with Crippen molar-refractivity contribution in [3.8, 4) is 0 Å². The Morgan fingerprint density at radius 1 is 1.30 bits per heavy atom. The van der Waals surface area contributed by atoms with Crippen LogP contribution in [-0.4, -0.2) is 19.9 Å². The minimum atomic E-state index is -0.357. The SMILES string of the molecule is C=CCn1c(C)cc(C(=O)Cn2cnc3c(oc4ccccc43)c2=O)c1C. The van der Waals surface area contributed by atoms with Crippen LogP contribution in [0.1, 0.15) is 21.7 Å². The predicted octanol–water partition coefficient (Wildman–Crippen LogP) is 3.63. The van der Waals surface area contributed by atoms with Crippen LogP contribution in [0.2, 0.25) is 0 Å². The minimum Gasteiger partial charge on any atom is -0.448 e. The summed E-state index contributed by atoms with van der Waals surface area (Å²) < 4.78 is 8.98.